The molecule has 0 atom stereocenters. The SMILES string of the molecule is C#CCN(CC=C)C1CC1. The molecule has 1 aliphatic rings. The highest BCUT2D eigenvalue weighted by Gasteiger charge is 2.26. The molecule has 0 amide bonds. The Bertz CT molecular complexity index is 151. The van der Waals surface area contributed by atoms with E-state index in [1.807, 2.05) is 6.08 Å². The van der Waals surface area contributed by atoms with Crippen molar-refractivity contribution in [2.24, 2.45) is 0 Å². The first-order valence-corrected chi connectivity index (χ1v) is 3.67. The predicted octanol–water partition coefficient (Wildman–Crippen LogP) is 1.27. The van der Waals surface area contributed by atoms with Crippen LogP contribution in [0, 0.1) is 12.3 Å². The molecule has 1 nitrogen and oxygen atoms in total. The van der Waals surface area contributed by atoms with Crippen LogP contribution in [0.5, 0.6) is 0 Å². The molecule has 1 fully saturated rings. The minimum atomic E-state index is 0.758. The molecule has 1 aliphatic carbocycles. The van der Waals surface area contributed by atoms with Crippen LogP contribution in [0.4, 0.5) is 0 Å². The van der Waals surface area contributed by atoms with Gasteiger partial charge in [0.05, 0.1) is 6.54 Å². The van der Waals surface area contributed by atoms with Crippen molar-refractivity contribution in [1.29, 1.82) is 0 Å². The van der Waals surface area contributed by atoms with Gasteiger partial charge in [0.25, 0.3) is 0 Å². The van der Waals surface area contributed by atoms with Crippen LogP contribution < -0.4 is 0 Å². The van der Waals surface area contributed by atoms with Crippen LogP contribution in [0.3, 0.4) is 0 Å². The van der Waals surface area contributed by atoms with Crippen LogP contribution in [-0.4, -0.2) is 24.0 Å². The summed E-state index contributed by atoms with van der Waals surface area (Å²) in [5.74, 6) is 2.65. The molecule has 0 aromatic rings. The molecule has 0 bridgehead atoms. The first-order chi connectivity index (χ1) is 4.88. The number of terminal acetylenes is 1. The Morgan fingerprint density at radius 3 is 2.80 bits per heavy atom. The van der Waals surface area contributed by atoms with Crippen molar-refractivity contribution in [3.05, 3.63) is 12.7 Å². The van der Waals surface area contributed by atoms with Crippen molar-refractivity contribution < 1.29 is 0 Å². The van der Waals surface area contributed by atoms with Gasteiger partial charge in [-0.25, -0.2) is 0 Å². The highest BCUT2D eigenvalue weighted by molar-refractivity contribution is 4.96. The van der Waals surface area contributed by atoms with Crippen LogP contribution in [0.1, 0.15) is 12.8 Å². The molecule has 0 N–H and O–H groups in total. The lowest BCUT2D eigenvalue weighted by Gasteiger charge is -2.15. The third-order valence-corrected chi connectivity index (χ3v) is 1.72. The fourth-order valence-corrected chi connectivity index (χ4v) is 1.07. The van der Waals surface area contributed by atoms with Crippen molar-refractivity contribution in [3.8, 4) is 12.3 Å². The van der Waals surface area contributed by atoms with E-state index >= 15 is 0 Å². The lowest BCUT2D eigenvalue weighted by Crippen LogP contribution is -2.26. The molecule has 1 saturated carbocycles. The summed E-state index contributed by atoms with van der Waals surface area (Å²) < 4.78 is 0. The molecular weight excluding hydrogens is 122 g/mol. The van der Waals surface area contributed by atoms with Gasteiger partial charge in [0.1, 0.15) is 0 Å². The molecule has 0 aliphatic heterocycles. The lowest BCUT2D eigenvalue weighted by molar-refractivity contribution is 0.330. The van der Waals surface area contributed by atoms with E-state index in [0.29, 0.717) is 0 Å². The zero-order chi connectivity index (χ0) is 7.40. The van der Waals surface area contributed by atoms with E-state index < -0.39 is 0 Å². The third kappa shape index (κ3) is 1.89. The standard InChI is InChI=1S/C9H13N/c1-3-7-10(8-4-2)9-5-6-9/h1,4,9H,2,5-8H2. The number of nitrogens with zero attached hydrogens (tertiary/aromatic N) is 1. The smallest absolute Gasteiger partial charge is 0.0604 e. The molecule has 0 spiro atoms. The topological polar surface area (TPSA) is 3.24 Å². The second-order valence-electron chi connectivity index (χ2n) is 2.65. The van der Waals surface area contributed by atoms with Crippen LogP contribution in [-0.2, 0) is 0 Å². The number of hydrogen-bond acceptors (Lipinski definition) is 1. The second-order valence-corrected chi connectivity index (χ2v) is 2.65. The van der Waals surface area contributed by atoms with Crippen molar-refractivity contribution >= 4 is 0 Å². The summed E-state index contributed by atoms with van der Waals surface area (Å²) in [6.07, 6.45) is 9.74. The summed E-state index contributed by atoms with van der Waals surface area (Å²) in [6, 6.07) is 0.758. The summed E-state index contributed by atoms with van der Waals surface area (Å²) in [5.41, 5.74) is 0. The maximum atomic E-state index is 5.20. The zero-order valence-corrected chi connectivity index (χ0v) is 6.21. The quantitative estimate of drug-likeness (QED) is 0.414. The van der Waals surface area contributed by atoms with Crippen LogP contribution in [0.25, 0.3) is 0 Å². The predicted molar refractivity (Wildman–Crippen MR) is 43.6 cm³/mol. The van der Waals surface area contributed by atoms with Crippen LogP contribution in [0.15, 0.2) is 12.7 Å². The summed E-state index contributed by atoms with van der Waals surface area (Å²) in [5, 5.41) is 0. The molecular formula is C9H13N. The molecule has 0 aromatic carbocycles. The first kappa shape index (κ1) is 7.37. The van der Waals surface area contributed by atoms with Crippen molar-refractivity contribution in [2.75, 3.05) is 13.1 Å². The van der Waals surface area contributed by atoms with E-state index in [0.717, 1.165) is 19.1 Å². The van der Waals surface area contributed by atoms with Crippen LogP contribution in [0.2, 0.25) is 0 Å². The highest BCUT2D eigenvalue weighted by atomic mass is 15.2. The number of hydrogen-bond donors (Lipinski definition) is 0. The van der Waals surface area contributed by atoms with E-state index in [4.69, 9.17) is 6.42 Å². The fraction of sp³-hybridized carbons (Fsp3) is 0.556. The van der Waals surface area contributed by atoms with Gasteiger partial charge in [0, 0.05) is 12.6 Å². The molecule has 0 saturated heterocycles. The molecule has 10 heavy (non-hydrogen) atoms. The zero-order valence-electron chi connectivity index (χ0n) is 6.21. The Kier molecular flexibility index (Phi) is 2.53. The Balaban J connectivity index is 2.27. The molecule has 0 aromatic heterocycles. The van der Waals surface area contributed by atoms with E-state index in [-0.39, 0.29) is 0 Å². The normalized spacial score (nSPS) is 16.8. The maximum absolute atomic E-state index is 5.20. The first-order valence-electron chi connectivity index (χ1n) is 3.67. The molecule has 0 unspecified atom stereocenters. The van der Waals surface area contributed by atoms with Gasteiger partial charge in [-0.05, 0) is 12.8 Å². The minimum absolute atomic E-state index is 0.758. The fourth-order valence-electron chi connectivity index (χ4n) is 1.07. The van der Waals surface area contributed by atoms with Gasteiger partial charge in [0.15, 0.2) is 0 Å². The Morgan fingerprint density at radius 2 is 2.40 bits per heavy atom. The van der Waals surface area contributed by atoms with E-state index in [2.05, 4.69) is 17.4 Å². The Morgan fingerprint density at radius 1 is 1.70 bits per heavy atom. The Hall–Kier alpha value is -0.740. The lowest BCUT2D eigenvalue weighted by atomic mass is 10.4. The molecule has 54 valence electrons. The van der Waals surface area contributed by atoms with Crippen molar-refractivity contribution in [3.63, 3.8) is 0 Å². The molecule has 0 heterocycles. The largest absolute Gasteiger partial charge is 0.286 e. The van der Waals surface area contributed by atoms with Gasteiger partial charge in [-0.1, -0.05) is 12.0 Å². The van der Waals surface area contributed by atoms with Crippen LogP contribution >= 0.6 is 0 Å². The summed E-state index contributed by atoms with van der Waals surface area (Å²) in [6.45, 7) is 5.40. The van der Waals surface area contributed by atoms with Gasteiger partial charge < -0.3 is 0 Å². The monoisotopic (exact) mass is 135 g/mol. The average Bonchev–Trinajstić information content (AvgIpc) is 2.69. The van der Waals surface area contributed by atoms with Gasteiger partial charge >= 0.3 is 0 Å². The average molecular weight is 135 g/mol. The van der Waals surface area contributed by atoms with Crippen molar-refractivity contribution in [2.45, 2.75) is 18.9 Å². The Labute approximate surface area is 62.7 Å². The summed E-state index contributed by atoms with van der Waals surface area (Å²) >= 11 is 0. The highest BCUT2D eigenvalue weighted by Crippen LogP contribution is 2.25. The number of rotatable bonds is 4. The maximum Gasteiger partial charge on any atom is 0.0604 e. The van der Waals surface area contributed by atoms with E-state index in [1.54, 1.807) is 0 Å². The van der Waals surface area contributed by atoms with Crippen molar-refractivity contribution in [1.82, 2.24) is 4.90 Å². The molecule has 1 rings (SSSR count). The second kappa shape index (κ2) is 3.43. The van der Waals surface area contributed by atoms with Gasteiger partial charge in [-0.2, -0.15) is 0 Å². The van der Waals surface area contributed by atoms with Gasteiger partial charge in [-0.15, -0.1) is 13.0 Å². The summed E-state index contributed by atoms with van der Waals surface area (Å²) in [4.78, 5) is 2.28. The molecule has 1 heteroatoms. The molecule has 0 radical (unpaired) electrons. The van der Waals surface area contributed by atoms with E-state index in [9.17, 15) is 0 Å². The minimum Gasteiger partial charge on any atom is -0.286 e. The summed E-state index contributed by atoms with van der Waals surface area (Å²) in [7, 11) is 0. The van der Waals surface area contributed by atoms with Gasteiger partial charge in [0.2, 0.25) is 0 Å². The van der Waals surface area contributed by atoms with Gasteiger partial charge in [-0.3, -0.25) is 4.90 Å². The van der Waals surface area contributed by atoms with E-state index in [1.165, 1.54) is 12.8 Å². The third-order valence-electron chi connectivity index (χ3n) is 1.72.